The first-order valence-electron chi connectivity index (χ1n) is 9.73. The first kappa shape index (κ1) is 21.0. The van der Waals surface area contributed by atoms with Gasteiger partial charge < -0.3 is 19.1 Å². The van der Waals surface area contributed by atoms with Gasteiger partial charge in [0, 0.05) is 32.7 Å². The minimum atomic E-state index is -0.498. The van der Waals surface area contributed by atoms with E-state index in [4.69, 9.17) is 14.2 Å². The Hall–Kier alpha value is -1.34. The quantitative estimate of drug-likeness (QED) is 0.641. The highest BCUT2D eigenvalue weighted by Gasteiger charge is 2.26. The molecule has 0 N–H and O–H groups in total. The molecule has 1 atom stereocenters. The zero-order valence-corrected chi connectivity index (χ0v) is 16.7. The van der Waals surface area contributed by atoms with Crippen LogP contribution in [0.1, 0.15) is 47.0 Å². The van der Waals surface area contributed by atoms with E-state index in [1.54, 1.807) is 11.8 Å². The monoisotopic (exact) mass is 370 g/mol. The summed E-state index contributed by atoms with van der Waals surface area (Å²) in [4.78, 5) is 28.1. The number of rotatable bonds is 7. The van der Waals surface area contributed by atoms with Crippen LogP contribution in [0.4, 0.5) is 4.79 Å². The van der Waals surface area contributed by atoms with Crippen LogP contribution in [0.2, 0.25) is 0 Å². The number of hydrogen-bond acceptors (Lipinski definition) is 6. The van der Waals surface area contributed by atoms with Gasteiger partial charge in [-0.05, 0) is 52.9 Å². The molecule has 0 radical (unpaired) electrons. The van der Waals surface area contributed by atoms with Crippen LogP contribution in [0.25, 0.3) is 0 Å². The van der Waals surface area contributed by atoms with Crippen LogP contribution in [-0.2, 0) is 19.0 Å². The number of amides is 1. The molecule has 0 unspecified atom stereocenters. The third kappa shape index (κ3) is 7.91. The fourth-order valence-electron chi connectivity index (χ4n) is 2.73. The Bertz CT molecular complexity index is 473. The number of ether oxygens (including phenoxy) is 3. The van der Waals surface area contributed by atoms with Crippen molar-refractivity contribution in [1.29, 1.82) is 0 Å². The first-order valence-corrected chi connectivity index (χ1v) is 9.73. The van der Waals surface area contributed by atoms with Crippen LogP contribution >= 0.6 is 0 Å². The molecule has 2 rings (SSSR count). The van der Waals surface area contributed by atoms with Crippen molar-refractivity contribution >= 4 is 12.1 Å². The summed E-state index contributed by atoms with van der Waals surface area (Å²) in [7, 11) is 0. The van der Waals surface area contributed by atoms with Crippen molar-refractivity contribution in [3.8, 4) is 0 Å². The third-order valence-corrected chi connectivity index (χ3v) is 4.50. The predicted octanol–water partition coefficient (Wildman–Crippen LogP) is 2.29. The zero-order chi connectivity index (χ0) is 19.2. The summed E-state index contributed by atoms with van der Waals surface area (Å²) in [6.07, 6.45) is 2.54. The molecule has 1 saturated carbocycles. The van der Waals surface area contributed by atoms with Crippen molar-refractivity contribution in [2.24, 2.45) is 5.92 Å². The van der Waals surface area contributed by atoms with E-state index in [9.17, 15) is 9.59 Å². The molecule has 7 nitrogen and oxygen atoms in total. The molecule has 0 bridgehead atoms. The van der Waals surface area contributed by atoms with E-state index in [0.717, 1.165) is 19.5 Å². The number of nitrogens with zero attached hydrogens (tertiary/aromatic N) is 2. The maximum Gasteiger partial charge on any atom is 0.410 e. The molecule has 1 amide bonds. The van der Waals surface area contributed by atoms with Gasteiger partial charge in [0.05, 0.1) is 6.61 Å². The normalized spacial score (nSPS) is 20.4. The van der Waals surface area contributed by atoms with Crippen LogP contribution in [0.5, 0.6) is 0 Å². The summed E-state index contributed by atoms with van der Waals surface area (Å²) in [5.74, 6) is 0.339. The summed E-state index contributed by atoms with van der Waals surface area (Å²) < 4.78 is 16.3. The van der Waals surface area contributed by atoms with Crippen molar-refractivity contribution in [2.75, 3.05) is 45.9 Å². The largest absolute Gasteiger partial charge is 0.462 e. The van der Waals surface area contributed by atoms with E-state index in [2.05, 4.69) is 4.90 Å². The molecule has 150 valence electrons. The predicted molar refractivity (Wildman–Crippen MR) is 98.0 cm³/mol. The SMILES string of the molecule is C[C@@H](OCC1CC1)C(=O)OCCN1CCCN(C(=O)OC(C)(C)C)CC1. The van der Waals surface area contributed by atoms with E-state index in [0.29, 0.717) is 38.8 Å². The lowest BCUT2D eigenvalue weighted by Crippen LogP contribution is -2.39. The lowest BCUT2D eigenvalue weighted by atomic mass is 10.2. The Labute approximate surface area is 156 Å². The standard InChI is InChI=1S/C19H34N2O5/c1-15(25-14-16-6-7-16)17(22)24-13-12-20-8-5-9-21(11-10-20)18(23)26-19(2,3)4/h15-16H,5-14H2,1-4H3/t15-/m1/s1. The van der Waals surface area contributed by atoms with Crippen LogP contribution < -0.4 is 0 Å². The molecule has 7 heteroatoms. The van der Waals surface area contributed by atoms with Crippen LogP contribution in [0.3, 0.4) is 0 Å². The molecule has 1 saturated heterocycles. The topological polar surface area (TPSA) is 68.3 Å². The van der Waals surface area contributed by atoms with Gasteiger partial charge in [-0.15, -0.1) is 0 Å². The van der Waals surface area contributed by atoms with Crippen LogP contribution in [0, 0.1) is 5.92 Å². The smallest absolute Gasteiger partial charge is 0.410 e. The van der Waals surface area contributed by atoms with Gasteiger partial charge in [-0.1, -0.05) is 0 Å². The molecule has 1 aliphatic carbocycles. The van der Waals surface area contributed by atoms with Gasteiger partial charge in [-0.2, -0.15) is 0 Å². The molecule has 1 aliphatic heterocycles. The fourth-order valence-corrected chi connectivity index (χ4v) is 2.73. The van der Waals surface area contributed by atoms with Gasteiger partial charge in [-0.3, -0.25) is 4.90 Å². The van der Waals surface area contributed by atoms with Gasteiger partial charge >= 0.3 is 12.1 Å². The molecule has 0 spiro atoms. The second-order valence-electron chi connectivity index (χ2n) is 8.25. The molecule has 26 heavy (non-hydrogen) atoms. The van der Waals surface area contributed by atoms with E-state index in [-0.39, 0.29) is 12.1 Å². The third-order valence-electron chi connectivity index (χ3n) is 4.50. The lowest BCUT2D eigenvalue weighted by molar-refractivity contribution is -0.156. The second kappa shape index (κ2) is 9.55. The summed E-state index contributed by atoms with van der Waals surface area (Å²) in [6.45, 7) is 12.0. The molecule has 2 fully saturated rings. The van der Waals surface area contributed by atoms with Gasteiger partial charge in [0.15, 0.2) is 6.10 Å². The Morgan fingerprint density at radius 3 is 2.50 bits per heavy atom. The molecule has 2 aliphatic rings. The second-order valence-corrected chi connectivity index (χ2v) is 8.25. The van der Waals surface area contributed by atoms with Gasteiger partial charge in [0.1, 0.15) is 12.2 Å². The average molecular weight is 370 g/mol. The Morgan fingerprint density at radius 1 is 1.12 bits per heavy atom. The number of esters is 1. The van der Waals surface area contributed by atoms with E-state index >= 15 is 0 Å². The van der Waals surface area contributed by atoms with Crippen molar-refractivity contribution < 1.29 is 23.8 Å². The van der Waals surface area contributed by atoms with Gasteiger partial charge in [0.25, 0.3) is 0 Å². The molecular weight excluding hydrogens is 336 g/mol. The maximum absolute atomic E-state index is 12.2. The zero-order valence-electron chi connectivity index (χ0n) is 16.7. The van der Waals surface area contributed by atoms with Crippen LogP contribution in [0.15, 0.2) is 0 Å². The summed E-state index contributed by atoms with van der Waals surface area (Å²) in [5.41, 5.74) is -0.477. The molecule has 0 aromatic rings. The molecule has 0 aromatic heterocycles. The Balaban J connectivity index is 1.62. The van der Waals surface area contributed by atoms with Crippen LogP contribution in [-0.4, -0.2) is 79.5 Å². The first-order chi connectivity index (χ1) is 12.2. The molecule has 1 heterocycles. The average Bonchev–Trinajstić information content (AvgIpc) is 3.38. The lowest BCUT2D eigenvalue weighted by Gasteiger charge is -2.26. The van der Waals surface area contributed by atoms with Crippen molar-refractivity contribution in [3.63, 3.8) is 0 Å². The molecular formula is C19H34N2O5. The van der Waals surface area contributed by atoms with E-state index in [1.807, 2.05) is 20.8 Å². The van der Waals surface area contributed by atoms with Gasteiger partial charge in [-0.25, -0.2) is 9.59 Å². The molecule has 0 aromatic carbocycles. The Kier molecular flexibility index (Phi) is 7.70. The maximum atomic E-state index is 12.2. The minimum Gasteiger partial charge on any atom is -0.462 e. The van der Waals surface area contributed by atoms with Crippen molar-refractivity contribution in [3.05, 3.63) is 0 Å². The van der Waals surface area contributed by atoms with Crippen molar-refractivity contribution in [1.82, 2.24) is 9.80 Å². The highest BCUT2D eigenvalue weighted by atomic mass is 16.6. The number of carbonyl (C=O) groups excluding carboxylic acids is 2. The fraction of sp³-hybridized carbons (Fsp3) is 0.895. The van der Waals surface area contributed by atoms with E-state index < -0.39 is 11.7 Å². The summed E-state index contributed by atoms with van der Waals surface area (Å²) >= 11 is 0. The van der Waals surface area contributed by atoms with Gasteiger partial charge in [0.2, 0.25) is 0 Å². The van der Waals surface area contributed by atoms with Crippen molar-refractivity contribution in [2.45, 2.75) is 58.7 Å². The summed E-state index contributed by atoms with van der Waals surface area (Å²) in [6, 6.07) is 0. The Morgan fingerprint density at radius 2 is 1.85 bits per heavy atom. The van der Waals surface area contributed by atoms with E-state index in [1.165, 1.54) is 12.8 Å². The number of hydrogen-bond donors (Lipinski definition) is 0. The number of carbonyl (C=O) groups is 2. The minimum absolute atomic E-state index is 0.257. The summed E-state index contributed by atoms with van der Waals surface area (Å²) in [5, 5.41) is 0. The highest BCUT2D eigenvalue weighted by Crippen LogP contribution is 2.29. The highest BCUT2D eigenvalue weighted by molar-refractivity contribution is 5.74.